The fraction of sp³-hybridized carbons (Fsp3) is 0.417. The van der Waals surface area contributed by atoms with Gasteiger partial charge in [0.15, 0.2) is 0 Å². The molecule has 0 atom stereocenters. The Bertz CT molecular complexity index is 414. The Balaban J connectivity index is 2.34. The van der Waals surface area contributed by atoms with Gasteiger partial charge in [-0.05, 0) is 31.2 Å². The quantitative estimate of drug-likeness (QED) is 0.866. The van der Waals surface area contributed by atoms with E-state index in [0.29, 0.717) is 5.56 Å². The van der Waals surface area contributed by atoms with E-state index in [1.54, 1.807) is 6.07 Å². The highest BCUT2D eigenvalue weighted by Crippen LogP contribution is 2.25. The van der Waals surface area contributed by atoms with Crippen LogP contribution < -0.4 is 16.0 Å². The summed E-state index contributed by atoms with van der Waals surface area (Å²) in [5, 5.41) is 3.34. The van der Waals surface area contributed by atoms with E-state index in [4.69, 9.17) is 5.73 Å². The Hall–Kier alpha value is -1.07. The minimum Gasteiger partial charge on any atom is -0.370 e. The topological polar surface area (TPSA) is 58.4 Å². The van der Waals surface area contributed by atoms with Crippen molar-refractivity contribution in [2.75, 3.05) is 31.1 Å². The molecule has 1 aliphatic heterocycles. The third-order valence-corrected chi connectivity index (χ3v) is 3.40. The second kappa shape index (κ2) is 5.51. The molecule has 0 radical (unpaired) electrons. The van der Waals surface area contributed by atoms with Crippen LogP contribution in [0.2, 0.25) is 0 Å². The van der Waals surface area contributed by atoms with Gasteiger partial charge in [0, 0.05) is 24.1 Å². The van der Waals surface area contributed by atoms with Crippen LogP contribution in [0.25, 0.3) is 0 Å². The number of hydrogen-bond donors (Lipinski definition) is 2. The van der Waals surface area contributed by atoms with E-state index in [1.165, 1.54) is 0 Å². The van der Waals surface area contributed by atoms with E-state index >= 15 is 0 Å². The zero-order valence-corrected chi connectivity index (χ0v) is 11.2. The predicted octanol–water partition coefficient (Wildman–Crippen LogP) is 1.35. The summed E-state index contributed by atoms with van der Waals surface area (Å²) in [5.41, 5.74) is 6.93. The van der Waals surface area contributed by atoms with Crippen LogP contribution >= 0.6 is 15.9 Å². The van der Waals surface area contributed by atoms with Crippen molar-refractivity contribution in [3.05, 3.63) is 28.2 Å². The van der Waals surface area contributed by atoms with Crippen molar-refractivity contribution in [2.24, 2.45) is 5.73 Å². The van der Waals surface area contributed by atoms with Crippen LogP contribution in [-0.4, -0.2) is 32.1 Å². The highest BCUT2D eigenvalue weighted by molar-refractivity contribution is 9.10. The van der Waals surface area contributed by atoms with Gasteiger partial charge in [-0.15, -0.1) is 0 Å². The lowest BCUT2D eigenvalue weighted by Crippen LogP contribution is -2.30. The lowest BCUT2D eigenvalue weighted by Gasteiger charge is -2.24. The molecule has 0 aromatic heterocycles. The summed E-state index contributed by atoms with van der Waals surface area (Å²) in [7, 11) is 0. The van der Waals surface area contributed by atoms with E-state index in [1.807, 2.05) is 12.1 Å². The molecule has 5 heteroatoms. The van der Waals surface area contributed by atoms with Crippen LogP contribution in [0.5, 0.6) is 0 Å². The molecule has 0 spiro atoms. The van der Waals surface area contributed by atoms with Crippen molar-refractivity contribution in [3.8, 4) is 0 Å². The number of carbonyl (C=O) groups is 1. The molecule has 0 aliphatic carbocycles. The second-order valence-electron chi connectivity index (χ2n) is 4.12. The third kappa shape index (κ3) is 2.98. The number of hydrogen-bond acceptors (Lipinski definition) is 3. The second-order valence-corrected chi connectivity index (χ2v) is 5.03. The number of anilines is 1. The van der Waals surface area contributed by atoms with Crippen molar-refractivity contribution >= 4 is 27.5 Å². The monoisotopic (exact) mass is 297 g/mol. The number of carbonyl (C=O) groups excluding carboxylic acids is 1. The Morgan fingerprint density at radius 3 is 2.94 bits per heavy atom. The molecule has 3 N–H and O–H groups in total. The summed E-state index contributed by atoms with van der Waals surface area (Å²) in [5.74, 6) is -0.371. The zero-order chi connectivity index (χ0) is 12.3. The van der Waals surface area contributed by atoms with E-state index in [0.717, 1.165) is 42.8 Å². The highest BCUT2D eigenvalue weighted by atomic mass is 79.9. The van der Waals surface area contributed by atoms with Gasteiger partial charge in [0.2, 0.25) is 0 Å². The highest BCUT2D eigenvalue weighted by Gasteiger charge is 2.16. The normalized spacial score (nSPS) is 16.6. The number of primary amides is 1. The molecule has 2 rings (SSSR count). The first-order valence-electron chi connectivity index (χ1n) is 5.73. The summed E-state index contributed by atoms with van der Waals surface area (Å²) < 4.78 is 0.967. The van der Waals surface area contributed by atoms with E-state index in [9.17, 15) is 4.79 Å². The molecule has 1 aromatic rings. The van der Waals surface area contributed by atoms with E-state index in [-0.39, 0.29) is 5.91 Å². The molecular formula is C12H16BrN3O. The Morgan fingerprint density at radius 1 is 1.35 bits per heavy atom. The average Bonchev–Trinajstić information content (AvgIpc) is 2.56. The standard InChI is InChI=1S/C12H16BrN3O/c13-9-2-3-10(12(14)17)11(8-9)16-6-1-4-15-5-7-16/h2-3,8,15H,1,4-7H2,(H2,14,17). The molecule has 1 heterocycles. The van der Waals surface area contributed by atoms with Crippen molar-refractivity contribution in [3.63, 3.8) is 0 Å². The predicted molar refractivity (Wildman–Crippen MR) is 72.4 cm³/mol. The molecule has 0 saturated carbocycles. The third-order valence-electron chi connectivity index (χ3n) is 2.91. The summed E-state index contributed by atoms with van der Waals surface area (Å²) in [6.07, 6.45) is 1.07. The number of benzene rings is 1. The smallest absolute Gasteiger partial charge is 0.250 e. The van der Waals surface area contributed by atoms with Crippen molar-refractivity contribution < 1.29 is 4.79 Å². The molecule has 92 valence electrons. The molecule has 1 fully saturated rings. The van der Waals surface area contributed by atoms with Crippen LogP contribution in [0.1, 0.15) is 16.8 Å². The van der Waals surface area contributed by atoms with Gasteiger partial charge < -0.3 is 16.0 Å². The summed E-state index contributed by atoms with van der Waals surface area (Å²) in [6, 6.07) is 5.59. The number of halogens is 1. The van der Waals surface area contributed by atoms with Crippen molar-refractivity contribution in [1.29, 1.82) is 0 Å². The number of nitrogens with zero attached hydrogens (tertiary/aromatic N) is 1. The zero-order valence-electron chi connectivity index (χ0n) is 9.58. The van der Waals surface area contributed by atoms with Gasteiger partial charge in [0.05, 0.1) is 11.3 Å². The summed E-state index contributed by atoms with van der Waals surface area (Å²) in [4.78, 5) is 13.6. The maximum Gasteiger partial charge on any atom is 0.250 e. The molecule has 0 bridgehead atoms. The van der Waals surface area contributed by atoms with E-state index < -0.39 is 0 Å². The Labute approximate surface area is 109 Å². The van der Waals surface area contributed by atoms with Crippen LogP contribution in [-0.2, 0) is 0 Å². The Morgan fingerprint density at radius 2 is 2.18 bits per heavy atom. The van der Waals surface area contributed by atoms with E-state index in [2.05, 4.69) is 26.1 Å². The number of nitrogens with two attached hydrogens (primary N) is 1. The fourth-order valence-electron chi connectivity index (χ4n) is 2.06. The largest absolute Gasteiger partial charge is 0.370 e. The first-order chi connectivity index (χ1) is 8.18. The molecule has 1 saturated heterocycles. The van der Waals surface area contributed by atoms with Gasteiger partial charge in [-0.3, -0.25) is 4.79 Å². The molecule has 1 aliphatic rings. The SMILES string of the molecule is NC(=O)c1ccc(Br)cc1N1CCCNCC1. The summed E-state index contributed by atoms with van der Waals surface area (Å²) >= 11 is 3.44. The van der Waals surface area contributed by atoms with Crippen LogP contribution in [0.15, 0.2) is 22.7 Å². The van der Waals surface area contributed by atoms with Crippen LogP contribution in [0, 0.1) is 0 Å². The molecule has 1 amide bonds. The average molecular weight is 298 g/mol. The maximum atomic E-state index is 11.4. The van der Waals surface area contributed by atoms with Crippen LogP contribution in [0.3, 0.4) is 0 Å². The molecule has 4 nitrogen and oxygen atoms in total. The molecule has 0 unspecified atom stereocenters. The minimum absolute atomic E-state index is 0.371. The Kier molecular flexibility index (Phi) is 4.02. The lowest BCUT2D eigenvalue weighted by atomic mass is 10.1. The number of rotatable bonds is 2. The molecule has 17 heavy (non-hydrogen) atoms. The fourth-order valence-corrected chi connectivity index (χ4v) is 2.41. The van der Waals surface area contributed by atoms with Gasteiger partial charge in [0.1, 0.15) is 0 Å². The van der Waals surface area contributed by atoms with Gasteiger partial charge in [-0.25, -0.2) is 0 Å². The van der Waals surface area contributed by atoms with Crippen molar-refractivity contribution in [1.82, 2.24) is 5.32 Å². The van der Waals surface area contributed by atoms with Crippen molar-refractivity contribution in [2.45, 2.75) is 6.42 Å². The summed E-state index contributed by atoms with van der Waals surface area (Å²) in [6.45, 7) is 3.81. The first kappa shape index (κ1) is 12.4. The number of nitrogens with one attached hydrogen (secondary N) is 1. The minimum atomic E-state index is -0.371. The van der Waals surface area contributed by atoms with Gasteiger partial charge in [-0.1, -0.05) is 15.9 Å². The van der Waals surface area contributed by atoms with Gasteiger partial charge in [-0.2, -0.15) is 0 Å². The van der Waals surface area contributed by atoms with Gasteiger partial charge >= 0.3 is 0 Å². The van der Waals surface area contributed by atoms with Crippen LogP contribution in [0.4, 0.5) is 5.69 Å². The maximum absolute atomic E-state index is 11.4. The molecule has 1 aromatic carbocycles. The molecular weight excluding hydrogens is 282 g/mol. The number of amides is 1. The first-order valence-corrected chi connectivity index (χ1v) is 6.53. The lowest BCUT2D eigenvalue weighted by molar-refractivity contribution is 0.100. The van der Waals surface area contributed by atoms with Gasteiger partial charge in [0.25, 0.3) is 5.91 Å².